The molecule has 0 bridgehead atoms. The minimum Gasteiger partial charge on any atom is -0.392 e. The highest BCUT2D eigenvalue weighted by Gasteiger charge is 2.30. The monoisotopic (exact) mass is 254 g/mol. The summed E-state index contributed by atoms with van der Waals surface area (Å²) in [6, 6.07) is 0. The van der Waals surface area contributed by atoms with E-state index in [0.29, 0.717) is 6.54 Å². The van der Waals surface area contributed by atoms with Crippen LogP contribution >= 0.6 is 12.2 Å². The summed E-state index contributed by atoms with van der Waals surface area (Å²) in [5.74, 6) is -0.173. The zero-order chi connectivity index (χ0) is 13.2. The molecule has 0 aliphatic carbocycles. The number of nitrogens with two attached hydrogens (primary N) is 1. The Labute approximate surface area is 106 Å². The number of carbonyl (C=O) groups is 1. The van der Waals surface area contributed by atoms with Crippen molar-refractivity contribution in [2.75, 3.05) is 0 Å². The molecule has 0 aliphatic rings. The van der Waals surface area contributed by atoms with Gasteiger partial charge in [-0.25, -0.2) is 0 Å². The quantitative estimate of drug-likeness (QED) is 0.774. The van der Waals surface area contributed by atoms with Crippen LogP contribution in [0, 0.1) is 12.3 Å². The lowest BCUT2D eigenvalue weighted by Gasteiger charge is -2.21. The van der Waals surface area contributed by atoms with Crippen molar-refractivity contribution in [3.05, 3.63) is 17.5 Å². The van der Waals surface area contributed by atoms with E-state index >= 15 is 0 Å². The second-order valence-electron chi connectivity index (χ2n) is 4.55. The summed E-state index contributed by atoms with van der Waals surface area (Å²) in [6.45, 7) is 5.80. The van der Waals surface area contributed by atoms with Gasteiger partial charge in [0, 0.05) is 24.8 Å². The molecule has 0 unspecified atom stereocenters. The zero-order valence-electron chi connectivity index (χ0n) is 10.6. The second kappa shape index (κ2) is 4.83. The highest BCUT2D eigenvalue weighted by Crippen LogP contribution is 2.16. The average molecular weight is 254 g/mol. The molecule has 0 fully saturated rings. The van der Waals surface area contributed by atoms with E-state index in [1.165, 1.54) is 0 Å². The fourth-order valence-electron chi connectivity index (χ4n) is 1.23. The highest BCUT2D eigenvalue weighted by molar-refractivity contribution is 7.80. The average Bonchev–Trinajstić information content (AvgIpc) is 2.56. The molecule has 1 rings (SSSR count). The number of carbonyl (C=O) groups excluding carboxylic acids is 1. The van der Waals surface area contributed by atoms with Gasteiger partial charge in [0.15, 0.2) is 0 Å². The Balaban J connectivity index is 2.66. The summed E-state index contributed by atoms with van der Waals surface area (Å²) in [7, 11) is 1.86. The van der Waals surface area contributed by atoms with Crippen molar-refractivity contribution >= 4 is 23.1 Å². The SMILES string of the molecule is Cc1c(CNC(=O)C(C)(C)C(N)=S)cnn1C. The van der Waals surface area contributed by atoms with E-state index in [9.17, 15) is 4.79 Å². The normalized spacial score (nSPS) is 11.3. The van der Waals surface area contributed by atoms with E-state index in [-0.39, 0.29) is 10.9 Å². The standard InChI is InChI=1S/C11H18N4OS/c1-7-8(6-14-15(7)4)5-13-10(16)11(2,3)9(12)17/h6H,5H2,1-4H3,(H2,12,17)(H,13,16). The Hall–Kier alpha value is -1.43. The highest BCUT2D eigenvalue weighted by atomic mass is 32.1. The number of hydrogen-bond acceptors (Lipinski definition) is 3. The van der Waals surface area contributed by atoms with Crippen LogP contribution in [0.4, 0.5) is 0 Å². The maximum absolute atomic E-state index is 11.9. The Bertz CT molecular complexity index is 450. The fourth-order valence-corrected chi connectivity index (χ4v) is 1.32. The second-order valence-corrected chi connectivity index (χ2v) is 4.99. The van der Waals surface area contributed by atoms with Crippen molar-refractivity contribution in [1.29, 1.82) is 0 Å². The van der Waals surface area contributed by atoms with Crippen LogP contribution in [0.2, 0.25) is 0 Å². The van der Waals surface area contributed by atoms with Crippen LogP contribution in [0.25, 0.3) is 0 Å². The van der Waals surface area contributed by atoms with E-state index in [2.05, 4.69) is 10.4 Å². The van der Waals surface area contributed by atoms with Crippen molar-refractivity contribution in [2.45, 2.75) is 27.3 Å². The number of hydrogen-bond donors (Lipinski definition) is 2. The van der Waals surface area contributed by atoms with Gasteiger partial charge in [-0.15, -0.1) is 0 Å². The molecule has 17 heavy (non-hydrogen) atoms. The van der Waals surface area contributed by atoms with Gasteiger partial charge in [0.2, 0.25) is 5.91 Å². The van der Waals surface area contributed by atoms with E-state index in [4.69, 9.17) is 18.0 Å². The number of aryl methyl sites for hydroxylation is 1. The molecular weight excluding hydrogens is 236 g/mol. The summed E-state index contributed by atoms with van der Waals surface area (Å²) in [5.41, 5.74) is 6.71. The Kier molecular flexibility index (Phi) is 3.87. The Morgan fingerprint density at radius 1 is 1.65 bits per heavy atom. The summed E-state index contributed by atoms with van der Waals surface area (Å²) in [6.07, 6.45) is 1.74. The topological polar surface area (TPSA) is 72.9 Å². The van der Waals surface area contributed by atoms with Crippen LogP contribution in [-0.2, 0) is 18.4 Å². The van der Waals surface area contributed by atoms with Crippen LogP contribution in [0.3, 0.4) is 0 Å². The molecule has 0 radical (unpaired) electrons. The third-order valence-corrected chi connectivity index (χ3v) is 3.47. The third-order valence-electron chi connectivity index (χ3n) is 2.96. The molecule has 0 aliphatic heterocycles. The molecule has 0 saturated heterocycles. The molecule has 0 spiro atoms. The summed E-state index contributed by atoms with van der Waals surface area (Å²) in [5, 5.41) is 6.92. The summed E-state index contributed by atoms with van der Waals surface area (Å²) >= 11 is 4.87. The van der Waals surface area contributed by atoms with Crippen LogP contribution in [0.1, 0.15) is 25.1 Å². The predicted molar refractivity (Wildman–Crippen MR) is 70.4 cm³/mol. The number of amides is 1. The predicted octanol–water partition coefficient (Wildman–Crippen LogP) is 0.657. The molecule has 1 aromatic rings. The summed E-state index contributed by atoms with van der Waals surface area (Å²) in [4.78, 5) is 12.1. The van der Waals surface area contributed by atoms with Crippen molar-refractivity contribution in [3.8, 4) is 0 Å². The van der Waals surface area contributed by atoms with E-state index in [1.807, 2.05) is 14.0 Å². The molecule has 1 aromatic heterocycles. The van der Waals surface area contributed by atoms with Crippen molar-refractivity contribution in [1.82, 2.24) is 15.1 Å². The van der Waals surface area contributed by atoms with Gasteiger partial charge in [-0.2, -0.15) is 5.10 Å². The molecule has 3 N–H and O–H groups in total. The van der Waals surface area contributed by atoms with Crippen LogP contribution in [-0.4, -0.2) is 20.7 Å². The van der Waals surface area contributed by atoms with Gasteiger partial charge >= 0.3 is 0 Å². The molecule has 1 heterocycles. The minimum absolute atomic E-state index is 0.173. The molecule has 0 aromatic carbocycles. The van der Waals surface area contributed by atoms with Gasteiger partial charge in [0.05, 0.1) is 16.6 Å². The maximum Gasteiger partial charge on any atom is 0.232 e. The molecule has 0 saturated carbocycles. The van der Waals surface area contributed by atoms with Crippen LogP contribution in [0.15, 0.2) is 6.20 Å². The van der Waals surface area contributed by atoms with Crippen molar-refractivity contribution in [2.24, 2.45) is 18.2 Å². The molecule has 5 nitrogen and oxygen atoms in total. The number of thiocarbonyl (C=S) groups is 1. The molecule has 6 heteroatoms. The van der Waals surface area contributed by atoms with Gasteiger partial charge in [0.1, 0.15) is 0 Å². The first-order valence-corrected chi connectivity index (χ1v) is 5.73. The van der Waals surface area contributed by atoms with E-state index in [0.717, 1.165) is 11.3 Å². The lowest BCUT2D eigenvalue weighted by molar-refractivity contribution is -0.126. The fraction of sp³-hybridized carbons (Fsp3) is 0.545. The first kappa shape index (κ1) is 13.6. The van der Waals surface area contributed by atoms with Gasteiger partial charge in [0.25, 0.3) is 0 Å². The number of aromatic nitrogens is 2. The van der Waals surface area contributed by atoms with Gasteiger partial charge < -0.3 is 11.1 Å². The van der Waals surface area contributed by atoms with Crippen molar-refractivity contribution in [3.63, 3.8) is 0 Å². The largest absolute Gasteiger partial charge is 0.392 e. The lowest BCUT2D eigenvalue weighted by Crippen LogP contribution is -2.44. The first-order chi connectivity index (χ1) is 7.76. The van der Waals surface area contributed by atoms with E-state index in [1.54, 1.807) is 24.7 Å². The molecule has 1 amide bonds. The van der Waals surface area contributed by atoms with Gasteiger partial charge in [-0.1, -0.05) is 12.2 Å². The Morgan fingerprint density at radius 3 is 2.65 bits per heavy atom. The first-order valence-electron chi connectivity index (χ1n) is 5.32. The number of rotatable bonds is 4. The number of nitrogens with one attached hydrogen (secondary N) is 1. The Morgan fingerprint density at radius 2 is 2.24 bits per heavy atom. The molecule has 94 valence electrons. The zero-order valence-corrected chi connectivity index (χ0v) is 11.4. The third kappa shape index (κ3) is 2.82. The van der Waals surface area contributed by atoms with Crippen molar-refractivity contribution < 1.29 is 4.79 Å². The molecular formula is C11H18N4OS. The minimum atomic E-state index is -0.828. The maximum atomic E-state index is 11.9. The number of nitrogens with zero attached hydrogens (tertiary/aromatic N) is 2. The lowest BCUT2D eigenvalue weighted by atomic mass is 9.92. The van der Waals surface area contributed by atoms with Crippen LogP contribution < -0.4 is 11.1 Å². The van der Waals surface area contributed by atoms with Gasteiger partial charge in [-0.05, 0) is 20.8 Å². The van der Waals surface area contributed by atoms with E-state index < -0.39 is 5.41 Å². The van der Waals surface area contributed by atoms with Crippen LogP contribution in [0.5, 0.6) is 0 Å². The summed E-state index contributed by atoms with van der Waals surface area (Å²) < 4.78 is 1.76. The van der Waals surface area contributed by atoms with Gasteiger partial charge in [-0.3, -0.25) is 9.48 Å². The molecule has 0 atom stereocenters. The smallest absolute Gasteiger partial charge is 0.232 e.